The van der Waals surface area contributed by atoms with E-state index < -0.39 is 66.0 Å². The van der Waals surface area contributed by atoms with Crippen LogP contribution in [-0.2, 0) is 35.8 Å². The maximum atomic E-state index is 13.3. The molecule has 3 aliphatic heterocycles. The van der Waals surface area contributed by atoms with Crippen molar-refractivity contribution in [3.8, 4) is 11.5 Å². The number of ether oxygens (including phenoxy) is 2. The fourth-order valence-electron chi connectivity index (χ4n) is 7.30. The fraction of sp³-hybridized carbons (Fsp3) is 0.571. The maximum Gasteiger partial charge on any atom is 0.446 e. The van der Waals surface area contributed by atoms with Crippen molar-refractivity contribution in [3.05, 3.63) is 35.1 Å². The van der Waals surface area contributed by atoms with Crippen molar-refractivity contribution in [2.24, 2.45) is 0 Å². The normalized spacial score (nSPS) is 31.1. The summed E-state index contributed by atoms with van der Waals surface area (Å²) in [6, 6.07) is 2.36. The van der Waals surface area contributed by atoms with Crippen LogP contribution in [0.2, 0.25) is 0 Å². The molecule has 234 valence electrons. The lowest BCUT2D eigenvalue weighted by Gasteiger charge is -2.61. The second kappa shape index (κ2) is 10.8. The summed E-state index contributed by atoms with van der Waals surface area (Å²) in [6.45, 7) is 0.948. The number of benzene rings is 1. The van der Waals surface area contributed by atoms with Gasteiger partial charge in [0.2, 0.25) is 12.2 Å². The largest absolute Gasteiger partial charge is 0.504 e. The van der Waals surface area contributed by atoms with Crippen LogP contribution in [0, 0.1) is 0 Å². The average molecular weight is 613 g/mol. The van der Waals surface area contributed by atoms with Crippen LogP contribution in [0.15, 0.2) is 24.0 Å². The van der Waals surface area contributed by atoms with Crippen LogP contribution >= 0.6 is 0 Å². The van der Waals surface area contributed by atoms with E-state index in [-0.39, 0.29) is 30.5 Å². The zero-order chi connectivity index (χ0) is 31.5. The number of likely N-dealkylation sites (tertiary alicyclic amines) is 2. The predicted molar refractivity (Wildman–Crippen MR) is 138 cm³/mol. The maximum absolute atomic E-state index is 13.3. The minimum Gasteiger partial charge on any atom is -0.504 e. The smallest absolute Gasteiger partial charge is 0.446 e. The van der Waals surface area contributed by atoms with Gasteiger partial charge in [0.25, 0.3) is 0 Å². The minimum atomic E-state index is -4.64. The number of carboxylic acid groups (broad SMARTS) is 1. The van der Waals surface area contributed by atoms with Crippen molar-refractivity contribution in [2.75, 3.05) is 20.1 Å². The molecule has 12 nitrogen and oxygen atoms in total. The summed E-state index contributed by atoms with van der Waals surface area (Å²) in [5.74, 6) is -2.29. The van der Waals surface area contributed by atoms with E-state index in [1.165, 1.54) is 4.90 Å². The van der Waals surface area contributed by atoms with Crippen molar-refractivity contribution in [1.82, 2.24) is 9.80 Å². The third-order valence-electron chi connectivity index (χ3n) is 9.20. The van der Waals surface area contributed by atoms with E-state index >= 15 is 0 Å². The summed E-state index contributed by atoms with van der Waals surface area (Å²) in [6.07, 6.45) is -5.06. The van der Waals surface area contributed by atoms with E-state index in [2.05, 4.69) is 4.90 Å². The van der Waals surface area contributed by atoms with E-state index in [1.54, 1.807) is 12.1 Å². The highest BCUT2D eigenvalue weighted by Crippen LogP contribution is 2.65. The molecule has 3 heterocycles. The SMILES string of the molecule is CN1CC[C@]23c4c5ccc(O)c4O[C@H]2C(OC(=O)[C@@H]2CCCN2C(=O)C[C@H](O)C(=O)O)=CC[C@@]3(O)[C@H]1C5.O=CC(F)(F)F. The summed E-state index contributed by atoms with van der Waals surface area (Å²) in [5, 5.41) is 41.3. The molecule has 43 heavy (non-hydrogen) atoms. The molecule has 2 saturated heterocycles. The van der Waals surface area contributed by atoms with Gasteiger partial charge < -0.3 is 39.7 Å². The standard InChI is InChI=1S/C26H30N2O9.C2HF3O/c1-27-10-8-25-20-13-4-5-15(29)21(20)37-22(25)17(6-7-26(25,35)18(27)11-13)36-24(34)14-3-2-9-28(14)19(31)12-16(30)23(32)33;3-2(4,5)1-6/h4-6,14,16,18,22,29-30,35H,2-3,7-12H2,1H3,(H,32,33);1H/t14-,16-,18+,22-,25-,26+;/m0./s1. The van der Waals surface area contributed by atoms with Gasteiger partial charge in [-0.2, -0.15) is 13.2 Å². The van der Waals surface area contributed by atoms with Gasteiger partial charge in [-0.1, -0.05) is 6.07 Å². The fourth-order valence-corrected chi connectivity index (χ4v) is 7.30. The number of phenolic OH excluding ortho intramolecular Hbond substituents is 1. The van der Waals surface area contributed by atoms with E-state index in [1.807, 2.05) is 13.1 Å². The predicted octanol–water partition coefficient (Wildman–Crippen LogP) is 0.787. The zero-order valence-electron chi connectivity index (χ0n) is 23.0. The monoisotopic (exact) mass is 612 g/mol. The van der Waals surface area contributed by atoms with Gasteiger partial charge in [0.15, 0.2) is 23.7 Å². The Morgan fingerprint density at radius 1 is 1.26 bits per heavy atom. The first-order valence-corrected chi connectivity index (χ1v) is 13.7. The summed E-state index contributed by atoms with van der Waals surface area (Å²) < 4.78 is 43.4. The lowest BCUT2D eigenvalue weighted by Crippen LogP contribution is -2.74. The third kappa shape index (κ3) is 4.92. The molecule has 0 radical (unpaired) electrons. The third-order valence-corrected chi connectivity index (χ3v) is 9.20. The Morgan fingerprint density at radius 3 is 2.60 bits per heavy atom. The van der Waals surface area contributed by atoms with E-state index in [0.717, 1.165) is 11.1 Å². The lowest BCUT2D eigenvalue weighted by atomic mass is 9.50. The molecule has 2 aliphatic carbocycles. The topological polar surface area (TPSA) is 174 Å². The quantitative estimate of drug-likeness (QED) is 0.273. The number of amides is 1. The van der Waals surface area contributed by atoms with Crippen molar-refractivity contribution in [3.63, 3.8) is 0 Å². The van der Waals surface area contributed by atoms with Crippen LogP contribution in [0.3, 0.4) is 0 Å². The van der Waals surface area contributed by atoms with Crippen molar-refractivity contribution in [1.29, 1.82) is 0 Å². The van der Waals surface area contributed by atoms with E-state index in [0.29, 0.717) is 38.0 Å². The highest BCUT2D eigenvalue weighted by molar-refractivity contribution is 5.88. The van der Waals surface area contributed by atoms with Gasteiger partial charge in [-0.05, 0) is 57.0 Å². The van der Waals surface area contributed by atoms with Crippen LogP contribution in [-0.4, -0.2) is 111 Å². The first-order valence-electron chi connectivity index (χ1n) is 13.7. The van der Waals surface area contributed by atoms with Gasteiger partial charge in [0.05, 0.1) is 17.4 Å². The first-order chi connectivity index (χ1) is 20.1. The molecule has 1 spiro atoms. The molecule has 4 N–H and O–H groups in total. The molecule has 1 amide bonds. The molecule has 1 aromatic rings. The highest BCUT2D eigenvalue weighted by atomic mass is 19.4. The van der Waals surface area contributed by atoms with Gasteiger partial charge in [-0.3, -0.25) is 9.59 Å². The number of carboxylic acids is 1. The van der Waals surface area contributed by atoms with Crippen molar-refractivity contribution < 1.29 is 62.2 Å². The molecule has 5 aliphatic rings. The van der Waals surface area contributed by atoms with Gasteiger partial charge in [-0.15, -0.1) is 0 Å². The number of aromatic hydroxyl groups is 1. The average Bonchev–Trinajstić information content (AvgIpc) is 3.57. The number of carbonyl (C=O) groups excluding carboxylic acids is 3. The number of nitrogens with zero attached hydrogens (tertiary/aromatic N) is 2. The lowest BCUT2D eigenvalue weighted by molar-refractivity contribution is -0.171. The zero-order valence-corrected chi connectivity index (χ0v) is 23.0. The molecule has 0 aromatic heterocycles. The number of piperidine rings is 1. The number of hydrogen-bond acceptors (Lipinski definition) is 10. The number of phenols is 1. The van der Waals surface area contributed by atoms with Gasteiger partial charge >= 0.3 is 18.1 Å². The van der Waals surface area contributed by atoms with Gasteiger partial charge in [0, 0.05) is 24.6 Å². The number of esters is 1. The highest BCUT2D eigenvalue weighted by Gasteiger charge is 2.72. The first kappa shape index (κ1) is 30.8. The number of rotatable bonds is 5. The Bertz CT molecular complexity index is 1380. The second-order valence-electron chi connectivity index (χ2n) is 11.5. The number of aliphatic hydroxyl groups is 2. The van der Waals surface area contributed by atoms with Crippen molar-refractivity contribution in [2.45, 2.75) is 80.0 Å². The Labute approximate surface area is 243 Å². The van der Waals surface area contributed by atoms with Gasteiger partial charge in [0.1, 0.15) is 11.8 Å². The molecular weight excluding hydrogens is 581 g/mol. The summed E-state index contributed by atoms with van der Waals surface area (Å²) in [4.78, 5) is 49.0. The second-order valence-corrected chi connectivity index (χ2v) is 11.5. The Balaban J connectivity index is 0.000000559. The number of halogens is 3. The Hall–Kier alpha value is -3.69. The molecule has 6 rings (SSSR count). The number of aliphatic hydroxyl groups excluding tert-OH is 1. The van der Waals surface area contributed by atoms with Crippen LogP contribution in [0.5, 0.6) is 11.5 Å². The number of carbonyl (C=O) groups is 4. The van der Waals surface area contributed by atoms with Crippen LogP contribution in [0.4, 0.5) is 13.2 Å². The van der Waals surface area contributed by atoms with Crippen molar-refractivity contribution >= 4 is 24.1 Å². The number of alkyl halides is 3. The molecule has 6 atom stereocenters. The van der Waals surface area contributed by atoms with Crippen LogP contribution < -0.4 is 4.74 Å². The Morgan fingerprint density at radius 2 is 1.95 bits per heavy atom. The molecule has 2 bridgehead atoms. The summed E-state index contributed by atoms with van der Waals surface area (Å²) in [7, 11) is 1.98. The Kier molecular flexibility index (Phi) is 7.72. The number of aliphatic carboxylic acids is 1. The van der Waals surface area contributed by atoms with E-state index in [4.69, 9.17) is 19.4 Å². The van der Waals surface area contributed by atoms with Crippen LogP contribution in [0.25, 0.3) is 0 Å². The number of aldehydes is 1. The molecule has 2 fully saturated rings. The minimum absolute atomic E-state index is 0.0301. The number of likely N-dealkylation sites (N-methyl/N-ethyl adjacent to an activating group) is 1. The molecule has 0 saturated carbocycles. The summed E-state index contributed by atoms with van der Waals surface area (Å²) >= 11 is 0. The van der Waals surface area contributed by atoms with Crippen LogP contribution in [0.1, 0.15) is 43.2 Å². The molecule has 15 heteroatoms. The van der Waals surface area contributed by atoms with Gasteiger partial charge in [-0.25, -0.2) is 9.59 Å². The molecular formula is C28H31F3N2O10. The summed E-state index contributed by atoms with van der Waals surface area (Å²) in [5.41, 5.74) is -0.304. The molecule has 1 aromatic carbocycles. The van der Waals surface area contributed by atoms with E-state index in [9.17, 15) is 42.9 Å². The molecule has 0 unspecified atom stereocenters. The number of hydrogen-bond donors (Lipinski definition) is 4.